The van der Waals surface area contributed by atoms with Crippen LogP contribution in [0.3, 0.4) is 0 Å². The summed E-state index contributed by atoms with van der Waals surface area (Å²) >= 11 is 6.26. The van der Waals surface area contributed by atoms with E-state index in [9.17, 15) is 9.59 Å². The van der Waals surface area contributed by atoms with Crippen LogP contribution in [0.2, 0.25) is 5.02 Å². The molecule has 3 aromatic carbocycles. The number of carbonyl (C=O) groups is 2. The van der Waals surface area contributed by atoms with E-state index in [1.165, 1.54) is 0 Å². The summed E-state index contributed by atoms with van der Waals surface area (Å²) in [7, 11) is 0. The van der Waals surface area contributed by atoms with Crippen LogP contribution in [0.4, 0.5) is 10.5 Å². The zero-order valence-electron chi connectivity index (χ0n) is 16.9. The van der Waals surface area contributed by atoms with Crippen LogP contribution in [0.1, 0.15) is 29.5 Å². The minimum Gasteiger partial charge on any atom is -0.445 e. The van der Waals surface area contributed by atoms with Crippen LogP contribution in [-0.4, -0.2) is 18.5 Å². The largest absolute Gasteiger partial charge is 0.445 e. The number of rotatable bonds is 7. The van der Waals surface area contributed by atoms with E-state index in [2.05, 4.69) is 10.6 Å². The molecule has 158 valence electrons. The first-order valence-electron chi connectivity index (χ1n) is 10.2. The van der Waals surface area contributed by atoms with E-state index in [0.29, 0.717) is 24.4 Å². The second kappa shape index (κ2) is 9.23. The van der Waals surface area contributed by atoms with Crippen molar-refractivity contribution in [1.82, 2.24) is 5.32 Å². The lowest BCUT2D eigenvalue weighted by atomic mass is 9.72. The Bertz CT molecular complexity index is 1070. The fourth-order valence-corrected chi connectivity index (χ4v) is 4.22. The summed E-state index contributed by atoms with van der Waals surface area (Å²) in [6.45, 7) is 0.611. The Morgan fingerprint density at radius 2 is 1.71 bits per heavy atom. The van der Waals surface area contributed by atoms with E-state index < -0.39 is 11.5 Å². The molecule has 4 rings (SSSR count). The number of benzene rings is 3. The normalized spacial score (nSPS) is 17.0. The zero-order valence-corrected chi connectivity index (χ0v) is 17.7. The van der Waals surface area contributed by atoms with E-state index >= 15 is 0 Å². The van der Waals surface area contributed by atoms with E-state index in [1.807, 2.05) is 72.8 Å². The van der Waals surface area contributed by atoms with Crippen LogP contribution >= 0.6 is 11.6 Å². The van der Waals surface area contributed by atoms with Gasteiger partial charge in [0.15, 0.2) is 0 Å². The molecule has 6 heteroatoms. The SMILES string of the molecule is O=C(NCCCC1(c2ccccc2)C(=O)Nc2ccc(Cl)cc21)OCc1ccccc1. The Labute approximate surface area is 186 Å². The first kappa shape index (κ1) is 20.9. The quantitative estimate of drug-likeness (QED) is 0.497. The molecule has 1 aliphatic rings. The molecule has 0 fully saturated rings. The third-order valence-corrected chi connectivity index (χ3v) is 5.79. The summed E-state index contributed by atoms with van der Waals surface area (Å²) in [5, 5.41) is 6.35. The van der Waals surface area contributed by atoms with Gasteiger partial charge in [-0.05, 0) is 47.7 Å². The molecule has 2 amide bonds. The van der Waals surface area contributed by atoms with Gasteiger partial charge in [0.2, 0.25) is 5.91 Å². The summed E-state index contributed by atoms with van der Waals surface area (Å²) in [6.07, 6.45) is 0.640. The Morgan fingerprint density at radius 3 is 2.45 bits per heavy atom. The number of hydrogen-bond acceptors (Lipinski definition) is 3. The number of alkyl carbamates (subject to hydrolysis) is 1. The van der Waals surface area contributed by atoms with Crippen molar-refractivity contribution in [1.29, 1.82) is 0 Å². The number of ether oxygens (including phenoxy) is 1. The van der Waals surface area contributed by atoms with Gasteiger partial charge >= 0.3 is 6.09 Å². The molecule has 0 spiro atoms. The molecule has 0 saturated heterocycles. The lowest BCUT2D eigenvalue weighted by Crippen LogP contribution is -2.37. The average molecular weight is 435 g/mol. The van der Waals surface area contributed by atoms with Crippen molar-refractivity contribution in [2.45, 2.75) is 24.9 Å². The first-order valence-corrected chi connectivity index (χ1v) is 10.6. The zero-order chi connectivity index (χ0) is 21.7. The molecular weight excluding hydrogens is 412 g/mol. The van der Waals surface area contributed by atoms with Gasteiger partial charge in [-0.15, -0.1) is 0 Å². The molecular formula is C25H23ClN2O3. The van der Waals surface area contributed by atoms with Gasteiger partial charge in [-0.3, -0.25) is 4.79 Å². The van der Waals surface area contributed by atoms with Gasteiger partial charge in [-0.1, -0.05) is 72.3 Å². The van der Waals surface area contributed by atoms with Crippen molar-refractivity contribution in [3.8, 4) is 0 Å². The smallest absolute Gasteiger partial charge is 0.407 e. The maximum absolute atomic E-state index is 13.2. The number of halogens is 1. The lowest BCUT2D eigenvalue weighted by molar-refractivity contribution is -0.119. The predicted molar refractivity (Wildman–Crippen MR) is 121 cm³/mol. The van der Waals surface area contributed by atoms with Crippen LogP contribution in [-0.2, 0) is 21.6 Å². The van der Waals surface area contributed by atoms with Crippen LogP contribution in [0.5, 0.6) is 0 Å². The Kier molecular flexibility index (Phi) is 6.23. The molecule has 1 heterocycles. The van der Waals surface area contributed by atoms with E-state index in [-0.39, 0.29) is 12.5 Å². The average Bonchev–Trinajstić information content (AvgIpc) is 3.08. The molecule has 0 aromatic heterocycles. The molecule has 0 bridgehead atoms. The highest BCUT2D eigenvalue weighted by Gasteiger charge is 2.47. The molecule has 31 heavy (non-hydrogen) atoms. The lowest BCUT2D eigenvalue weighted by Gasteiger charge is -2.28. The second-order valence-electron chi connectivity index (χ2n) is 7.51. The monoisotopic (exact) mass is 434 g/mol. The summed E-state index contributed by atoms with van der Waals surface area (Å²) < 4.78 is 5.26. The van der Waals surface area contributed by atoms with Crippen molar-refractivity contribution < 1.29 is 14.3 Å². The molecule has 1 atom stereocenters. The maximum Gasteiger partial charge on any atom is 0.407 e. The van der Waals surface area contributed by atoms with Crippen molar-refractivity contribution in [2.75, 3.05) is 11.9 Å². The highest BCUT2D eigenvalue weighted by molar-refractivity contribution is 6.31. The first-order chi connectivity index (χ1) is 15.1. The molecule has 0 radical (unpaired) electrons. The molecule has 1 unspecified atom stereocenters. The number of fused-ring (bicyclic) bond motifs is 1. The number of carbonyl (C=O) groups excluding carboxylic acids is 2. The number of nitrogens with one attached hydrogen (secondary N) is 2. The molecule has 5 nitrogen and oxygen atoms in total. The van der Waals surface area contributed by atoms with Crippen LogP contribution in [0, 0.1) is 0 Å². The standard InChI is InChI=1S/C25H23ClN2O3/c26-20-12-13-22-21(16-20)25(23(29)28-22,19-10-5-2-6-11-19)14-7-15-27-24(30)31-17-18-8-3-1-4-9-18/h1-6,8-13,16H,7,14-15,17H2,(H,27,30)(H,28,29). The van der Waals surface area contributed by atoms with Gasteiger partial charge in [0.25, 0.3) is 0 Å². The third-order valence-electron chi connectivity index (χ3n) is 5.55. The third kappa shape index (κ3) is 4.42. The molecule has 2 N–H and O–H groups in total. The van der Waals surface area contributed by atoms with Crippen molar-refractivity contribution in [2.24, 2.45) is 0 Å². The molecule has 0 aliphatic carbocycles. The van der Waals surface area contributed by atoms with E-state index in [4.69, 9.17) is 16.3 Å². The number of anilines is 1. The van der Waals surface area contributed by atoms with Crippen molar-refractivity contribution >= 4 is 29.3 Å². The van der Waals surface area contributed by atoms with Gasteiger partial charge in [0.1, 0.15) is 12.0 Å². The van der Waals surface area contributed by atoms with Crippen LogP contribution < -0.4 is 10.6 Å². The Hall–Kier alpha value is -3.31. The van der Waals surface area contributed by atoms with Gasteiger partial charge in [-0.25, -0.2) is 4.79 Å². The highest BCUT2D eigenvalue weighted by atomic mass is 35.5. The minimum absolute atomic E-state index is 0.0809. The summed E-state index contributed by atoms with van der Waals surface area (Å²) in [5.74, 6) is -0.0809. The fraction of sp³-hybridized carbons (Fsp3) is 0.200. The molecule has 0 saturated carbocycles. The summed E-state index contributed by atoms with van der Waals surface area (Å²) in [4.78, 5) is 25.2. The number of hydrogen-bond donors (Lipinski definition) is 2. The predicted octanol–water partition coefficient (Wildman–Crippen LogP) is 5.28. The van der Waals surface area contributed by atoms with Crippen LogP contribution in [0.15, 0.2) is 78.9 Å². The summed E-state index contributed by atoms with van der Waals surface area (Å²) in [6, 6.07) is 24.6. The van der Waals surface area contributed by atoms with Gasteiger partial charge in [-0.2, -0.15) is 0 Å². The van der Waals surface area contributed by atoms with E-state index in [0.717, 1.165) is 22.4 Å². The second-order valence-corrected chi connectivity index (χ2v) is 7.94. The Morgan fingerprint density at radius 1 is 1.00 bits per heavy atom. The maximum atomic E-state index is 13.2. The Balaban J connectivity index is 1.44. The van der Waals surface area contributed by atoms with E-state index in [1.54, 1.807) is 6.07 Å². The van der Waals surface area contributed by atoms with Crippen molar-refractivity contribution in [3.63, 3.8) is 0 Å². The highest BCUT2D eigenvalue weighted by Crippen LogP contribution is 2.46. The summed E-state index contributed by atoms with van der Waals surface area (Å²) in [5.41, 5.74) is 2.62. The topological polar surface area (TPSA) is 67.4 Å². The van der Waals surface area contributed by atoms with Crippen molar-refractivity contribution in [3.05, 3.63) is 101 Å². The fourth-order valence-electron chi connectivity index (χ4n) is 4.05. The molecule has 1 aliphatic heterocycles. The van der Waals surface area contributed by atoms with Gasteiger partial charge in [0, 0.05) is 17.3 Å². The van der Waals surface area contributed by atoms with Gasteiger partial charge < -0.3 is 15.4 Å². The molecule has 3 aromatic rings. The minimum atomic E-state index is -0.850. The number of amides is 2. The van der Waals surface area contributed by atoms with Crippen LogP contribution in [0.25, 0.3) is 0 Å². The van der Waals surface area contributed by atoms with Gasteiger partial charge in [0.05, 0.1) is 0 Å².